The summed E-state index contributed by atoms with van der Waals surface area (Å²) in [6.07, 6.45) is 0. The molecule has 5 heteroatoms. The molecule has 1 aromatic carbocycles. The summed E-state index contributed by atoms with van der Waals surface area (Å²) in [6.45, 7) is 12.4. The maximum absolute atomic E-state index is 12.6. The number of hydrogen-bond acceptors (Lipinski definition) is 5. The number of hydrogen-bond donors (Lipinski definition) is 0. The minimum Gasteiger partial charge on any atom is -0.497 e. The SMILES string of the molecule is COc1ccc(C(C(=O)OC(C)(C)C)C(=O)OC(C)(C)C)c(C)c1. The summed E-state index contributed by atoms with van der Waals surface area (Å²) in [5.41, 5.74) is -0.0783. The average Bonchev–Trinajstić information content (AvgIpc) is 2.36. The van der Waals surface area contributed by atoms with Gasteiger partial charge < -0.3 is 14.2 Å². The molecule has 0 N–H and O–H groups in total. The zero-order valence-corrected chi connectivity index (χ0v) is 15.9. The number of carbonyl (C=O) groups excluding carboxylic acids is 2. The molecule has 134 valence electrons. The van der Waals surface area contributed by atoms with Crippen molar-refractivity contribution in [3.63, 3.8) is 0 Å². The Hall–Kier alpha value is -2.04. The third-order valence-corrected chi connectivity index (χ3v) is 3.07. The van der Waals surface area contributed by atoms with Gasteiger partial charge in [0, 0.05) is 0 Å². The molecule has 0 aliphatic rings. The van der Waals surface area contributed by atoms with E-state index in [0.29, 0.717) is 11.3 Å². The van der Waals surface area contributed by atoms with Gasteiger partial charge in [-0.2, -0.15) is 0 Å². The minimum atomic E-state index is -1.13. The van der Waals surface area contributed by atoms with E-state index >= 15 is 0 Å². The van der Waals surface area contributed by atoms with E-state index in [9.17, 15) is 9.59 Å². The Morgan fingerprint density at radius 3 is 1.71 bits per heavy atom. The van der Waals surface area contributed by atoms with Gasteiger partial charge in [0.05, 0.1) is 7.11 Å². The van der Waals surface area contributed by atoms with Crippen LogP contribution >= 0.6 is 0 Å². The fraction of sp³-hybridized carbons (Fsp3) is 0.579. The van der Waals surface area contributed by atoms with Crippen LogP contribution in [0.4, 0.5) is 0 Å². The van der Waals surface area contributed by atoms with Crippen LogP contribution in [0, 0.1) is 6.92 Å². The highest BCUT2D eigenvalue weighted by atomic mass is 16.6. The van der Waals surface area contributed by atoms with Crippen molar-refractivity contribution < 1.29 is 23.8 Å². The van der Waals surface area contributed by atoms with Crippen LogP contribution in [0.5, 0.6) is 5.75 Å². The second-order valence-corrected chi connectivity index (χ2v) is 7.72. The van der Waals surface area contributed by atoms with Crippen LogP contribution in [0.3, 0.4) is 0 Å². The summed E-state index contributed by atoms with van der Waals surface area (Å²) in [6, 6.07) is 5.19. The quantitative estimate of drug-likeness (QED) is 0.619. The first kappa shape index (κ1) is 20.0. The molecule has 0 saturated carbocycles. The van der Waals surface area contributed by atoms with E-state index in [1.165, 1.54) is 0 Å². The Balaban J connectivity index is 3.27. The zero-order valence-electron chi connectivity index (χ0n) is 15.9. The van der Waals surface area contributed by atoms with E-state index in [0.717, 1.165) is 5.56 Å². The normalized spacial score (nSPS) is 12.0. The Kier molecular flexibility index (Phi) is 6.04. The van der Waals surface area contributed by atoms with Crippen LogP contribution in [0.25, 0.3) is 0 Å². The predicted octanol–water partition coefficient (Wildman–Crippen LogP) is 3.77. The van der Waals surface area contributed by atoms with Crippen molar-refractivity contribution in [2.24, 2.45) is 0 Å². The highest BCUT2D eigenvalue weighted by molar-refractivity contribution is 6.01. The summed E-state index contributed by atoms with van der Waals surface area (Å²) >= 11 is 0. The second kappa shape index (κ2) is 7.24. The van der Waals surface area contributed by atoms with Crippen molar-refractivity contribution in [3.05, 3.63) is 29.3 Å². The minimum absolute atomic E-state index is 0.555. The summed E-state index contributed by atoms with van der Waals surface area (Å²) in [7, 11) is 1.56. The first-order valence-corrected chi connectivity index (χ1v) is 7.94. The lowest BCUT2D eigenvalue weighted by atomic mass is 9.94. The van der Waals surface area contributed by atoms with Crippen LogP contribution in [-0.4, -0.2) is 30.3 Å². The average molecular weight is 336 g/mol. The molecule has 0 aromatic heterocycles. The molecular weight excluding hydrogens is 308 g/mol. The molecule has 0 radical (unpaired) electrons. The Morgan fingerprint density at radius 2 is 1.38 bits per heavy atom. The van der Waals surface area contributed by atoms with E-state index in [1.807, 2.05) is 6.92 Å². The van der Waals surface area contributed by atoms with Crippen molar-refractivity contribution >= 4 is 11.9 Å². The number of aryl methyl sites for hydroxylation is 1. The van der Waals surface area contributed by atoms with Gasteiger partial charge in [-0.05, 0) is 71.7 Å². The number of benzene rings is 1. The van der Waals surface area contributed by atoms with Crippen LogP contribution < -0.4 is 4.74 Å². The molecule has 0 amide bonds. The van der Waals surface area contributed by atoms with Crippen LogP contribution in [-0.2, 0) is 19.1 Å². The van der Waals surface area contributed by atoms with Gasteiger partial charge in [0.15, 0.2) is 5.92 Å². The first-order valence-electron chi connectivity index (χ1n) is 7.94. The molecule has 24 heavy (non-hydrogen) atoms. The second-order valence-electron chi connectivity index (χ2n) is 7.72. The van der Waals surface area contributed by atoms with Gasteiger partial charge in [-0.1, -0.05) is 6.07 Å². The molecular formula is C19H28O5. The van der Waals surface area contributed by atoms with Crippen molar-refractivity contribution in [3.8, 4) is 5.75 Å². The number of ether oxygens (including phenoxy) is 3. The topological polar surface area (TPSA) is 61.8 Å². The van der Waals surface area contributed by atoms with Crippen LogP contribution in [0.15, 0.2) is 18.2 Å². The van der Waals surface area contributed by atoms with Gasteiger partial charge in [-0.3, -0.25) is 9.59 Å². The van der Waals surface area contributed by atoms with Crippen molar-refractivity contribution in [1.82, 2.24) is 0 Å². The Morgan fingerprint density at radius 1 is 0.917 bits per heavy atom. The standard InChI is InChI=1S/C19H28O5/c1-12-11-13(22-8)9-10-14(12)15(16(20)23-18(2,3)4)17(21)24-19(5,6)7/h9-11,15H,1-8H3. The number of carbonyl (C=O) groups is 2. The van der Waals surface area contributed by atoms with Gasteiger partial charge in [0.2, 0.25) is 0 Å². The Bertz CT molecular complexity index is 577. The monoisotopic (exact) mass is 336 g/mol. The van der Waals surface area contributed by atoms with E-state index < -0.39 is 29.1 Å². The summed E-state index contributed by atoms with van der Waals surface area (Å²) in [5, 5.41) is 0. The number of methoxy groups -OCH3 is 1. The summed E-state index contributed by atoms with van der Waals surface area (Å²) in [5.74, 6) is -1.72. The van der Waals surface area contributed by atoms with E-state index in [2.05, 4.69) is 0 Å². The van der Waals surface area contributed by atoms with Crippen LogP contribution in [0.2, 0.25) is 0 Å². The third-order valence-electron chi connectivity index (χ3n) is 3.07. The molecule has 1 aromatic rings. The maximum atomic E-state index is 12.6. The van der Waals surface area contributed by atoms with Gasteiger partial charge >= 0.3 is 11.9 Å². The summed E-state index contributed by atoms with van der Waals surface area (Å²) in [4.78, 5) is 25.3. The van der Waals surface area contributed by atoms with Gasteiger partial charge in [-0.25, -0.2) is 0 Å². The largest absolute Gasteiger partial charge is 0.497 e. The van der Waals surface area contributed by atoms with E-state index in [1.54, 1.807) is 66.9 Å². The summed E-state index contributed by atoms with van der Waals surface area (Å²) < 4.78 is 16.0. The molecule has 0 unspecified atom stereocenters. The van der Waals surface area contributed by atoms with Gasteiger partial charge in [0.25, 0.3) is 0 Å². The smallest absolute Gasteiger partial charge is 0.325 e. The van der Waals surface area contributed by atoms with Crippen LogP contribution in [0.1, 0.15) is 58.6 Å². The van der Waals surface area contributed by atoms with E-state index in [4.69, 9.17) is 14.2 Å². The maximum Gasteiger partial charge on any atom is 0.325 e. The molecule has 0 fully saturated rings. The molecule has 0 bridgehead atoms. The molecule has 0 saturated heterocycles. The van der Waals surface area contributed by atoms with E-state index in [-0.39, 0.29) is 0 Å². The molecule has 5 nitrogen and oxygen atoms in total. The Labute approximate surface area is 144 Å². The first-order chi connectivity index (χ1) is 10.8. The number of esters is 2. The molecule has 0 atom stereocenters. The van der Waals surface area contributed by atoms with Gasteiger partial charge in [-0.15, -0.1) is 0 Å². The zero-order chi connectivity index (χ0) is 18.7. The lowest BCUT2D eigenvalue weighted by Crippen LogP contribution is -2.35. The third kappa shape index (κ3) is 5.87. The van der Waals surface area contributed by atoms with Gasteiger partial charge in [0.1, 0.15) is 17.0 Å². The number of rotatable bonds is 4. The van der Waals surface area contributed by atoms with Crippen molar-refractivity contribution in [2.75, 3.05) is 7.11 Å². The predicted molar refractivity (Wildman–Crippen MR) is 92.2 cm³/mol. The highest BCUT2D eigenvalue weighted by Crippen LogP contribution is 2.29. The molecule has 1 rings (SSSR count). The molecule has 0 heterocycles. The highest BCUT2D eigenvalue weighted by Gasteiger charge is 2.37. The molecule has 0 spiro atoms. The van der Waals surface area contributed by atoms with Crippen molar-refractivity contribution in [2.45, 2.75) is 65.6 Å². The fourth-order valence-corrected chi connectivity index (χ4v) is 2.17. The fourth-order valence-electron chi connectivity index (χ4n) is 2.17. The lowest BCUT2D eigenvalue weighted by molar-refractivity contribution is -0.169. The molecule has 0 aliphatic heterocycles. The van der Waals surface area contributed by atoms with Crippen molar-refractivity contribution in [1.29, 1.82) is 0 Å². The lowest BCUT2D eigenvalue weighted by Gasteiger charge is -2.27. The molecule has 0 aliphatic carbocycles.